The average molecular weight is 482 g/mol. The molecule has 3 aliphatic rings. The normalized spacial score (nSPS) is 20.7. The maximum atomic E-state index is 14.2. The maximum Gasteiger partial charge on any atom is 0.262 e. The van der Waals surface area contributed by atoms with Crippen molar-refractivity contribution in [2.75, 3.05) is 26.2 Å². The second-order valence-electron chi connectivity index (χ2n) is 9.66. The number of nitrogens with one attached hydrogen (secondary N) is 1. The van der Waals surface area contributed by atoms with Gasteiger partial charge in [0.05, 0.1) is 16.6 Å². The number of benzene rings is 2. The molecular formula is C27H29ClFN3O2. The number of carbonyl (C=O) groups is 2. The molecule has 7 heteroatoms. The molecule has 0 spiro atoms. The van der Waals surface area contributed by atoms with Crippen LogP contribution in [0.25, 0.3) is 0 Å². The van der Waals surface area contributed by atoms with E-state index in [4.69, 9.17) is 11.6 Å². The number of rotatable bonds is 8. The van der Waals surface area contributed by atoms with Crippen molar-refractivity contribution >= 4 is 23.4 Å². The Morgan fingerprint density at radius 2 is 1.88 bits per heavy atom. The summed E-state index contributed by atoms with van der Waals surface area (Å²) in [4.78, 5) is 29.3. The third-order valence-corrected chi connectivity index (χ3v) is 7.34. The summed E-state index contributed by atoms with van der Waals surface area (Å²) in [5.74, 6) is -0.0389. The molecule has 0 radical (unpaired) electrons. The highest BCUT2D eigenvalue weighted by Crippen LogP contribution is 2.34. The highest BCUT2D eigenvalue weighted by molar-refractivity contribution is 6.33. The fourth-order valence-electron chi connectivity index (χ4n) is 5.01. The first-order valence-corrected chi connectivity index (χ1v) is 12.4. The molecule has 178 valence electrons. The van der Waals surface area contributed by atoms with Crippen LogP contribution in [0.4, 0.5) is 4.39 Å². The molecule has 1 saturated heterocycles. The van der Waals surface area contributed by atoms with Crippen LogP contribution in [0, 0.1) is 17.7 Å². The summed E-state index contributed by atoms with van der Waals surface area (Å²) in [5.41, 5.74) is 2.25. The third-order valence-electron chi connectivity index (χ3n) is 7.03. The van der Waals surface area contributed by atoms with E-state index >= 15 is 0 Å². The SMILES string of the molecule is O=C(CC1CC1)N[C@@H](CCN1CC2=CN(C(=O)c3c(F)cccc3Cl)CC2C1)c1ccccc1. The maximum absolute atomic E-state index is 14.2. The van der Waals surface area contributed by atoms with Crippen LogP contribution < -0.4 is 5.32 Å². The van der Waals surface area contributed by atoms with E-state index in [2.05, 4.69) is 22.3 Å². The Labute approximate surface area is 204 Å². The minimum absolute atomic E-state index is 0.0110. The molecule has 1 N–H and O–H groups in total. The van der Waals surface area contributed by atoms with E-state index in [1.54, 1.807) is 4.90 Å². The van der Waals surface area contributed by atoms with Gasteiger partial charge < -0.3 is 10.2 Å². The average Bonchev–Trinajstić information content (AvgIpc) is 3.41. The van der Waals surface area contributed by atoms with E-state index in [0.29, 0.717) is 18.9 Å². The highest BCUT2D eigenvalue weighted by Gasteiger charge is 2.36. The van der Waals surface area contributed by atoms with Gasteiger partial charge in [-0.15, -0.1) is 0 Å². The van der Waals surface area contributed by atoms with Gasteiger partial charge in [-0.1, -0.05) is 48.0 Å². The van der Waals surface area contributed by atoms with Crippen molar-refractivity contribution in [3.63, 3.8) is 0 Å². The molecule has 5 rings (SSSR count). The van der Waals surface area contributed by atoms with Crippen LogP contribution in [-0.2, 0) is 4.79 Å². The summed E-state index contributed by atoms with van der Waals surface area (Å²) in [7, 11) is 0. The van der Waals surface area contributed by atoms with Crippen LogP contribution in [0.1, 0.15) is 47.6 Å². The van der Waals surface area contributed by atoms with Crippen molar-refractivity contribution in [1.29, 1.82) is 0 Å². The zero-order chi connectivity index (χ0) is 23.7. The van der Waals surface area contributed by atoms with Crippen molar-refractivity contribution in [3.05, 3.63) is 82.3 Å². The van der Waals surface area contributed by atoms with Gasteiger partial charge in [-0.3, -0.25) is 14.5 Å². The van der Waals surface area contributed by atoms with Crippen LogP contribution in [0.15, 0.2) is 60.3 Å². The van der Waals surface area contributed by atoms with Crippen molar-refractivity contribution in [3.8, 4) is 0 Å². The van der Waals surface area contributed by atoms with Gasteiger partial charge in [0, 0.05) is 44.7 Å². The predicted octanol–water partition coefficient (Wildman–Crippen LogP) is 4.80. The molecule has 1 unspecified atom stereocenters. The van der Waals surface area contributed by atoms with Gasteiger partial charge >= 0.3 is 0 Å². The summed E-state index contributed by atoms with van der Waals surface area (Å²) in [6.45, 7) is 3.01. The summed E-state index contributed by atoms with van der Waals surface area (Å²) in [5, 5.41) is 3.39. The van der Waals surface area contributed by atoms with E-state index < -0.39 is 5.82 Å². The monoisotopic (exact) mass is 481 g/mol. The second-order valence-corrected chi connectivity index (χ2v) is 10.1. The number of hydrogen-bond donors (Lipinski definition) is 1. The van der Waals surface area contributed by atoms with Crippen molar-refractivity contribution < 1.29 is 14.0 Å². The molecule has 34 heavy (non-hydrogen) atoms. The molecule has 2 heterocycles. The number of carbonyl (C=O) groups excluding carboxylic acids is 2. The van der Waals surface area contributed by atoms with Gasteiger partial charge in [0.15, 0.2) is 0 Å². The zero-order valence-electron chi connectivity index (χ0n) is 19.1. The van der Waals surface area contributed by atoms with Crippen LogP contribution in [-0.4, -0.2) is 47.8 Å². The molecule has 1 aliphatic carbocycles. The summed E-state index contributed by atoms with van der Waals surface area (Å²) >= 11 is 6.09. The van der Waals surface area contributed by atoms with Crippen LogP contribution >= 0.6 is 11.6 Å². The molecule has 2 atom stereocenters. The first-order chi connectivity index (χ1) is 16.5. The first kappa shape index (κ1) is 23.1. The molecule has 2 aromatic carbocycles. The van der Waals surface area contributed by atoms with Crippen LogP contribution in [0.3, 0.4) is 0 Å². The number of nitrogens with zero attached hydrogens (tertiary/aromatic N) is 2. The third kappa shape index (κ3) is 5.18. The van der Waals surface area contributed by atoms with Gasteiger partial charge in [0.1, 0.15) is 5.82 Å². The largest absolute Gasteiger partial charge is 0.349 e. The predicted molar refractivity (Wildman–Crippen MR) is 130 cm³/mol. The molecule has 2 aliphatic heterocycles. The molecule has 2 aromatic rings. The lowest BCUT2D eigenvalue weighted by Gasteiger charge is -2.24. The Balaban J connectivity index is 1.19. The zero-order valence-corrected chi connectivity index (χ0v) is 19.8. The Morgan fingerprint density at radius 1 is 1.09 bits per heavy atom. The van der Waals surface area contributed by atoms with Gasteiger partial charge in [-0.2, -0.15) is 0 Å². The quantitative estimate of drug-likeness (QED) is 0.589. The lowest BCUT2D eigenvalue weighted by atomic mass is 10.0. The number of amides is 2. The summed E-state index contributed by atoms with van der Waals surface area (Å²) in [6, 6.07) is 14.4. The molecule has 2 fully saturated rings. The van der Waals surface area contributed by atoms with Gasteiger partial charge in [0.2, 0.25) is 5.91 Å². The van der Waals surface area contributed by atoms with Gasteiger partial charge in [-0.25, -0.2) is 4.39 Å². The minimum atomic E-state index is -0.592. The van der Waals surface area contributed by atoms with E-state index in [9.17, 15) is 14.0 Å². The molecule has 1 saturated carbocycles. The van der Waals surface area contributed by atoms with E-state index in [1.807, 2.05) is 24.4 Å². The number of halogens is 2. The number of fused-ring (bicyclic) bond motifs is 1. The standard InChI is InChI=1S/C27H29ClFN3O2/c28-22-7-4-8-23(29)26(22)27(34)32-16-20-14-31(15-21(20)17-32)12-11-24(19-5-2-1-3-6-19)30-25(33)13-18-9-10-18/h1-8,16,18,21,24H,9-15,17H2,(H,30,33)/t21?,24-/m0/s1. The summed E-state index contributed by atoms with van der Waals surface area (Å²) < 4.78 is 14.2. The fourth-order valence-corrected chi connectivity index (χ4v) is 5.25. The Kier molecular flexibility index (Phi) is 6.70. The first-order valence-electron chi connectivity index (χ1n) is 12.0. The van der Waals surface area contributed by atoms with E-state index in [1.165, 1.54) is 23.8 Å². The Morgan fingerprint density at radius 3 is 2.59 bits per heavy atom. The fraction of sp³-hybridized carbons (Fsp3) is 0.407. The highest BCUT2D eigenvalue weighted by atomic mass is 35.5. The molecule has 5 nitrogen and oxygen atoms in total. The second kappa shape index (κ2) is 9.88. The molecular weight excluding hydrogens is 453 g/mol. The molecule has 2 amide bonds. The summed E-state index contributed by atoms with van der Waals surface area (Å²) in [6.07, 6.45) is 5.64. The topological polar surface area (TPSA) is 52.7 Å². The molecule has 0 aromatic heterocycles. The minimum Gasteiger partial charge on any atom is -0.349 e. The number of likely N-dealkylation sites (tertiary alicyclic amines) is 1. The lowest BCUT2D eigenvalue weighted by Crippen LogP contribution is -2.33. The van der Waals surface area contributed by atoms with Gasteiger partial charge in [0.25, 0.3) is 5.91 Å². The van der Waals surface area contributed by atoms with Gasteiger partial charge in [-0.05, 0) is 48.4 Å². The number of hydrogen-bond acceptors (Lipinski definition) is 3. The van der Waals surface area contributed by atoms with Crippen molar-refractivity contribution in [1.82, 2.24) is 15.1 Å². The van der Waals surface area contributed by atoms with E-state index in [-0.39, 0.29) is 34.4 Å². The van der Waals surface area contributed by atoms with Crippen molar-refractivity contribution in [2.45, 2.75) is 31.7 Å². The van der Waals surface area contributed by atoms with Crippen LogP contribution in [0.2, 0.25) is 5.02 Å². The van der Waals surface area contributed by atoms with E-state index in [0.717, 1.165) is 44.5 Å². The smallest absolute Gasteiger partial charge is 0.262 e. The Bertz CT molecular complexity index is 1080. The van der Waals surface area contributed by atoms with Crippen molar-refractivity contribution in [2.24, 2.45) is 11.8 Å². The Hall–Kier alpha value is -2.70. The lowest BCUT2D eigenvalue weighted by molar-refractivity contribution is -0.122. The molecule has 0 bridgehead atoms. The van der Waals surface area contributed by atoms with Crippen LogP contribution in [0.5, 0.6) is 0 Å².